The first-order valence-electron chi connectivity index (χ1n) is 6.33. The second kappa shape index (κ2) is 5.28. The molecule has 21 heavy (non-hydrogen) atoms. The number of rotatable bonds is 4. The van der Waals surface area contributed by atoms with E-state index >= 15 is 0 Å². The van der Waals surface area contributed by atoms with E-state index in [1.54, 1.807) is 41.2 Å². The Morgan fingerprint density at radius 2 is 1.81 bits per heavy atom. The zero-order chi connectivity index (χ0) is 15.6. The molecule has 0 aliphatic heterocycles. The molecule has 2 rings (SSSR count). The third-order valence-electron chi connectivity index (χ3n) is 3.02. The number of nitrogens with one attached hydrogen (secondary N) is 1. The van der Waals surface area contributed by atoms with E-state index in [2.05, 4.69) is 10.4 Å². The molecule has 5 N–H and O–H groups in total. The molecule has 0 saturated heterocycles. The van der Waals surface area contributed by atoms with Crippen LogP contribution in [-0.4, -0.2) is 27.1 Å². The van der Waals surface area contributed by atoms with Gasteiger partial charge in [-0.15, -0.1) is 0 Å². The van der Waals surface area contributed by atoms with Gasteiger partial charge in [-0.05, 0) is 44.2 Å². The van der Waals surface area contributed by atoms with Gasteiger partial charge in [0.05, 0.1) is 5.69 Å². The molecule has 110 valence electrons. The number of carbonyl (C=O) groups excluding carboxylic acids is 2. The molecule has 0 aliphatic carbocycles. The summed E-state index contributed by atoms with van der Waals surface area (Å²) in [6.45, 7) is 3.06. The molecule has 0 unspecified atom stereocenters. The Labute approximate surface area is 121 Å². The largest absolute Gasteiger partial charge is 0.399 e. The average Bonchev–Trinajstić information content (AvgIpc) is 2.88. The molecule has 1 heterocycles. The summed E-state index contributed by atoms with van der Waals surface area (Å²) in [7, 11) is 0. The minimum atomic E-state index is -1.14. The van der Waals surface area contributed by atoms with Gasteiger partial charge in [-0.25, -0.2) is 4.68 Å². The first kappa shape index (κ1) is 14.6. The molecular weight excluding hydrogens is 270 g/mol. The molecular formula is C14H17N5O2. The Hall–Kier alpha value is -2.83. The van der Waals surface area contributed by atoms with Crippen LogP contribution in [-0.2, 0) is 4.79 Å². The normalized spacial score (nSPS) is 11.1. The smallest absolute Gasteiger partial charge is 0.272 e. The number of amides is 2. The van der Waals surface area contributed by atoms with Crippen molar-refractivity contribution in [3.8, 4) is 5.69 Å². The maximum Gasteiger partial charge on any atom is 0.272 e. The lowest BCUT2D eigenvalue weighted by molar-refractivity contribution is -0.122. The number of nitrogens with zero attached hydrogens (tertiary/aromatic N) is 2. The lowest BCUT2D eigenvalue weighted by Crippen LogP contribution is -2.53. The van der Waals surface area contributed by atoms with Crippen LogP contribution in [0.1, 0.15) is 24.3 Å². The third kappa shape index (κ3) is 3.19. The summed E-state index contributed by atoms with van der Waals surface area (Å²) in [4.78, 5) is 23.3. The van der Waals surface area contributed by atoms with Crippen molar-refractivity contribution in [3.63, 3.8) is 0 Å². The number of hydrogen-bond acceptors (Lipinski definition) is 4. The van der Waals surface area contributed by atoms with Crippen molar-refractivity contribution in [2.75, 3.05) is 5.73 Å². The Kier molecular flexibility index (Phi) is 3.66. The highest BCUT2D eigenvalue weighted by atomic mass is 16.2. The van der Waals surface area contributed by atoms with E-state index in [1.165, 1.54) is 13.8 Å². The molecule has 1 aromatic heterocycles. The van der Waals surface area contributed by atoms with Crippen molar-refractivity contribution in [2.45, 2.75) is 19.4 Å². The van der Waals surface area contributed by atoms with Gasteiger partial charge in [0, 0.05) is 11.9 Å². The summed E-state index contributed by atoms with van der Waals surface area (Å²) < 4.78 is 1.55. The number of aromatic nitrogens is 2. The lowest BCUT2D eigenvalue weighted by Gasteiger charge is -2.21. The summed E-state index contributed by atoms with van der Waals surface area (Å²) in [6.07, 6.45) is 1.65. The van der Waals surface area contributed by atoms with Gasteiger partial charge < -0.3 is 16.8 Å². The van der Waals surface area contributed by atoms with Crippen molar-refractivity contribution in [1.82, 2.24) is 15.1 Å². The van der Waals surface area contributed by atoms with Crippen LogP contribution < -0.4 is 16.8 Å². The molecule has 0 saturated carbocycles. The van der Waals surface area contributed by atoms with Crippen LogP contribution in [0.15, 0.2) is 36.5 Å². The summed E-state index contributed by atoms with van der Waals surface area (Å²) in [5.41, 5.74) is 11.3. The molecule has 0 bridgehead atoms. The summed E-state index contributed by atoms with van der Waals surface area (Å²) in [5.74, 6) is -1.08. The topological polar surface area (TPSA) is 116 Å². The molecule has 7 nitrogen and oxygen atoms in total. The van der Waals surface area contributed by atoms with E-state index in [9.17, 15) is 9.59 Å². The second-order valence-corrected chi connectivity index (χ2v) is 5.18. The molecule has 2 aromatic rings. The molecule has 0 atom stereocenters. The van der Waals surface area contributed by atoms with E-state index in [4.69, 9.17) is 11.5 Å². The maximum absolute atomic E-state index is 12.0. The van der Waals surface area contributed by atoms with Crippen molar-refractivity contribution < 1.29 is 9.59 Å². The highest BCUT2D eigenvalue weighted by Crippen LogP contribution is 2.11. The van der Waals surface area contributed by atoms with Crippen LogP contribution in [0, 0.1) is 0 Å². The molecule has 2 amide bonds. The predicted octanol–water partition coefficient (Wildman–Crippen LogP) is 0.448. The zero-order valence-electron chi connectivity index (χ0n) is 11.8. The van der Waals surface area contributed by atoms with E-state index in [0.29, 0.717) is 5.69 Å². The quantitative estimate of drug-likeness (QED) is 0.708. The van der Waals surface area contributed by atoms with Gasteiger partial charge in [0.25, 0.3) is 5.91 Å². The fraction of sp³-hybridized carbons (Fsp3) is 0.214. The first-order valence-corrected chi connectivity index (χ1v) is 6.33. The lowest BCUT2D eigenvalue weighted by atomic mass is 10.1. The minimum Gasteiger partial charge on any atom is -0.399 e. The van der Waals surface area contributed by atoms with Crippen LogP contribution in [0.3, 0.4) is 0 Å². The van der Waals surface area contributed by atoms with Gasteiger partial charge >= 0.3 is 0 Å². The second-order valence-electron chi connectivity index (χ2n) is 5.18. The van der Waals surface area contributed by atoms with Gasteiger partial charge in [0.1, 0.15) is 5.54 Å². The minimum absolute atomic E-state index is 0.196. The fourth-order valence-corrected chi connectivity index (χ4v) is 1.63. The van der Waals surface area contributed by atoms with Crippen LogP contribution in [0.4, 0.5) is 5.69 Å². The van der Waals surface area contributed by atoms with Gasteiger partial charge in [0.2, 0.25) is 5.91 Å². The van der Waals surface area contributed by atoms with E-state index in [1.807, 2.05) is 0 Å². The van der Waals surface area contributed by atoms with Crippen LogP contribution in [0.2, 0.25) is 0 Å². The Morgan fingerprint density at radius 3 is 2.38 bits per heavy atom. The molecule has 0 fully saturated rings. The molecule has 0 radical (unpaired) electrons. The Morgan fingerprint density at radius 1 is 1.19 bits per heavy atom. The molecule has 1 aromatic carbocycles. The number of nitrogen functional groups attached to an aromatic ring is 1. The molecule has 7 heteroatoms. The number of benzene rings is 1. The van der Waals surface area contributed by atoms with E-state index < -0.39 is 17.4 Å². The third-order valence-corrected chi connectivity index (χ3v) is 3.02. The average molecular weight is 287 g/mol. The van der Waals surface area contributed by atoms with Crippen LogP contribution in [0.25, 0.3) is 5.69 Å². The Bertz CT molecular complexity index is 673. The number of anilines is 1. The summed E-state index contributed by atoms with van der Waals surface area (Å²) in [5, 5.41) is 6.70. The number of hydrogen-bond donors (Lipinski definition) is 3. The predicted molar refractivity (Wildman–Crippen MR) is 78.7 cm³/mol. The van der Waals surface area contributed by atoms with E-state index in [0.717, 1.165) is 5.69 Å². The van der Waals surface area contributed by atoms with Gasteiger partial charge in [-0.2, -0.15) is 5.10 Å². The number of carbonyl (C=O) groups is 2. The van der Waals surface area contributed by atoms with Crippen molar-refractivity contribution in [2.24, 2.45) is 5.73 Å². The van der Waals surface area contributed by atoms with Crippen LogP contribution in [0.5, 0.6) is 0 Å². The number of primary amides is 1. The monoisotopic (exact) mass is 287 g/mol. The SMILES string of the molecule is CC(C)(NC(=O)c1ccn(-c2ccc(N)cc2)n1)C(N)=O. The van der Waals surface area contributed by atoms with Crippen molar-refractivity contribution in [3.05, 3.63) is 42.2 Å². The van der Waals surface area contributed by atoms with Gasteiger partial charge in [0.15, 0.2) is 5.69 Å². The van der Waals surface area contributed by atoms with Crippen LogP contribution >= 0.6 is 0 Å². The standard InChI is InChI=1S/C14H17N5O2/c1-14(2,13(16)21)17-12(20)11-7-8-19(18-11)10-5-3-9(15)4-6-10/h3-8H,15H2,1-2H3,(H2,16,21)(H,17,20). The maximum atomic E-state index is 12.0. The summed E-state index contributed by atoms with van der Waals surface area (Å²) in [6, 6.07) is 8.62. The summed E-state index contributed by atoms with van der Waals surface area (Å²) >= 11 is 0. The van der Waals surface area contributed by atoms with E-state index in [-0.39, 0.29) is 5.69 Å². The molecule has 0 aliphatic rings. The fourth-order valence-electron chi connectivity index (χ4n) is 1.63. The highest BCUT2D eigenvalue weighted by Gasteiger charge is 2.28. The number of nitrogens with two attached hydrogens (primary N) is 2. The zero-order valence-corrected chi connectivity index (χ0v) is 11.8. The Balaban J connectivity index is 2.18. The van der Waals surface area contributed by atoms with Gasteiger partial charge in [-0.3, -0.25) is 9.59 Å². The van der Waals surface area contributed by atoms with Crippen molar-refractivity contribution >= 4 is 17.5 Å². The van der Waals surface area contributed by atoms with Crippen molar-refractivity contribution in [1.29, 1.82) is 0 Å². The first-order chi connectivity index (χ1) is 9.79. The highest BCUT2D eigenvalue weighted by molar-refractivity contribution is 5.97. The van der Waals surface area contributed by atoms with Gasteiger partial charge in [-0.1, -0.05) is 0 Å². The molecule has 0 spiro atoms.